The third kappa shape index (κ3) is 1.26. The van der Waals surface area contributed by atoms with E-state index in [0.29, 0.717) is 5.69 Å². The lowest BCUT2D eigenvalue weighted by Crippen LogP contribution is -2.19. The van der Waals surface area contributed by atoms with Crippen LogP contribution in [0.4, 0.5) is 0 Å². The van der Waals surface area contributed by atoms with Crippen molar-refractivity contribution in [1.82, 2.24) is 14.7 Å². The largest absolute Gasteiger partial charge is 0.354 e. The fourth-order valence-corrected chi connectivity index (χ4v) is 1.18. The van der Waals surface area contributed by atoms with Gasteiger partial charge in [0.15, 0.2) is 0 Å². The molecule has 4 nitrogen and oxygen atoms in total. The molecule has 0 atom stereocenters. The van der Waals surface area contributed by atoms with E-state index in [0.717, 1.165) is 5.52 Å². The molecule has 0 aromatic carbocycles. The van der Waals surface area contributed by atoms with Crippen LogP contribution in [0.5, 0.6) is 0 Å². The third-order valence-corrected chi connectivity index (χ3v) is 1.87. The van der Waals surface area contributed by atoms with Crippen molar-refractivity contribution in [2.45, 2.75) is 0 Å². The fraction of sp³-hybridized carbons (Fsp3) is 0.111. The molecule has 66 valence electrons. The van der Waals surface area contributed by atoms with Gasteiger partial charge in [-0.25, -0.2) is 4.98 Å². The first kappa shape index (κ1) is 7.79. The monoisotopic (exact) mass is 175 g/mol. The molecule has 0 spiro atoms. The standard InChI is InChI=1S/C9H9N3O/c1-10-9(13)8-6-12-4-2-3-7(12)5-11-8/h2-6H,1H3,(H,10,13). The number of amides is 1. The van der Waals surface area contributed by atoms with Crippen LogP contribution in [0.1, 0.15) is 10.5 Å². The molecule has 0 bridgehead atoms. The van der Waals surface area contributed by atoms with Gasteiger partial charge in [0.1, 0.15) is 5.69 Å². The first-order valence-electron chi connectivity index (χ1n) is 3.96. The number of fused-ring (bicyclic) bond motifs is 1. The molecule has 0 aliphatic rings. The Morgan fingerprint density at radius 1 is 1.62 bits per heavy atom. The average molecular weight is 175 g/mol. The molecule has 1 N–H and O–H groups in total. The van der Waals surface area contributed by atoms with Crippen LogP contribution < -0.4 is 5.32 Å². The number of carbonyl (C=O) groups excluding carboxylic acids is 1. The Bertz CT molecular complexity index is 447. The molecule has 0 fully saturated rings. The van der Waals surface area contributed by atoms with Crippen molar-refractivity contribution >= 4 is 11.4 Å². The second-order valence-electron chi connectivity index (χ2n) is 2.69. The molecule has 0 saturated carbocycles. The smallest absolute Gasteiger partial charge is 0.271 e. The maximum atomic E-state index is 11.2. The second kappa shape index (κ2) is 2.90. The van der Waals surface area contributed by atoms with E-state index in [1.165, 1.54) is 0 Å². The van der Waals surface area contributed by atoms with Crippen molar-refractivity contribution in [2.24, 2.45) is 0 Å². The van der Waals surface area contributed by atoms with E-state index >= 15 is 0 Å². The molecular formula is C9H9N3O. The van der Waals surface area contributed by atoms with Gasteiger partial charge in [-0.1, -0.05) is 0 Å². The predicted molar refractivity (Wildman–Crippen MR) is 48.6 cm³/mol. The van der Waals surface area contributed by atoms with Crippen molar-refractivity contribution in [3.05, 3.63) is 36.4 Å². The molecule has 2 heterocycles. The first-order chi connectivity index (χ1) is 6.31. The summed E-state index contributed by atoms with van der Waals surface area (Å²) >= 11 is 0. The molecule has 0 aliphatic heterocycles. The van der Waals surface area contributed by atoms with E-state index in [4.69, 9.17) is 0 Å². The zero-order valence-electron chi connectivity index (χ0n) is 7.19. The summed E-state index contributed by atoms with van der Waals surface area (Å²) in [5, 5.41) is 2.52. The molecule has 2 aromatic heterocycles. The lowest BCUT2D eigenvalue weighted by Gasteiger charge is -1.99. The summed E-state index contributed by atoms with van der Waals surface area (Å²) in [7, 11) is 1.59. The molecule has 2 aromatic rings. The van der Waals surface area contributed by atoms with Crippen LogP contribution in [0.25, 0.3) is 5.52 Å². The second-order valence-corrected chi connectivity index (χ2v) is 2.69. The van der Waals surface area contributed by atoms with Crippen molar-refractivity contribution in [3.63, 3.8) is 0 Å². The van der Waals surface area contributed by atoms with Crippen LogP contribution in [-0.4, -0.2) is 22.3 Å². The van der Waals surface area contributed by atoms with Crippen molar-refractivity contribution in [1.29, 1.82) is 0 Å². The summed E-state index contributed by atoms with van der Waals surface area (Å²) in [6.07, 6.45) is 5.25. The normalized spacial score (nSPS) is 10.2. The minimum absolute atomic E-state index is 0.171. The summed E-state index contributed by atoms with van der Waals surface area (Å²) in [6.45, 7) is 0. The SMILES string of the molecule is CNC(=O)c1cn2cccc2cn1. The summed E-state index contributed by atoms with van der Waals surface area (Å²) < 4.78 is 1.86. The molecule has 13 heavy (non-hydrogen) atoms. The lowest BCUT2D eigenvalue weighted by molar-refractivity contribution is 0.0957. The maximum Gasteiger partial charge on any atom is 0.271 e. The summed E-state index contributed by atoms with van der Waals surface area (Å²) in [4.78, 5) is 15.2. The van der Waals surface area contributed by atoms with Gasteiger partial charge >= 0.3 is 0 Å². The Balaban J connectivity index is 2.54. The summed E-state index contributed by atoms with van der Waals surface area (Å²) in [5.74, 6) is -0.171. The number of nitrogens with zero attached hydrogens (tertiary/aromatic N) is 2. The van der Waals surface area contributed by atoms with E-state index in [2.05, 4.69) is 10.3 Å². The van der Waals surface area contributed by atoms with Gasteiger partial charge in [-0.3, -0.25) is 4.79 Å². The molecule has 1 amide bonds. The van der Waals surface area contributed by atoms with E-state index < -0.39 is 0 Å². The summed E-state index contributed by atoms with van der Waals surface area (Å²) in [5.41, 5.74) is 1.40. The lowest BCUT2D eigenvalue weighted by atomic mass is 10.4. The minimum Gasteiger partial charge on any atom is -0.354 e. The third-order valence-electron chi connectivity index (χ3n) is 1.87. The Kier molecular flexibility index (Phi) is 1.73. The molecule has 2 rings (SSSR count). The van der Waals surface area contributed by atoms with Gasteiger partial charge in [-0.2, -0.15) is 0 Å². The molecule has 0 saturated heterocycles. The van der Waals surface area contributed by atoms with Gasteiger partial charge in [-0.05, 0) is 12.1 Å². The first-order valence-corrected chi connectivity index (χ1v) is 3.96. The Morgan fingerprint density at radius 3 is 3.23 bits per heavy atom. The average Bonchev–Trinajstić information content (AvgIpc) is 2.63. The Hall–Kier alpha value is -1.84. The van der Waals surface area contributed by atoms with Crippen LogP contribution in [0, 0.1) is 0 Å². The van der Waals surface area contributed by atoms with Crippen LogP contribution in [0.15, 0.2) is 30.7 Å². The predicted octanol–water partition coefficient (Wildman–Crippen LogP) is 0.694. The van der Waals surface area contributed by atoms with Gasteiger partial charge in [0.05, 0.1) is 11.7 Å². The van der Waals surface area contributed by atoms with Gasteiger partial charge in [0.2, 0.25) is 0 Å². The molecule has 4 heteroatoms. The number of rotatable bonds is 1. The van der Waals surface area contributed by atoms with Gasteiger partial charge in [0.25, 0.3) is 5.91 Å². The van der Waals surface area contributed by atoms with E-state index in [9.17, 15) is 4.79 Å². The highest BCUT2D eigenvalue weighted by Crippen LogP contribution is 2.03. The number of carbonyl (C=O) groups is 1. The van der Waals surface area contributed by atoms with E-state index in [1.807, 2.05) is 22.7 Å². The highest BCUT2D eigenvalue weighted by Gasteiger charge is 2.04. The zero-order valence-corrected chi connectivity index (χ0v) is 7.19. The minimum atomic E-state index is -0.171. The fourth-order valence-electron chi connectivity index (χ4n) is 1.18. The number of hydrogen-bond acceptors (Lipinski definition) is 2. The molecular weight excluding hydrogens is 166 g/mol. The highest BCUT2D eigenvalue weighted by molar-refractivity contribution is 5.91. The van der Waals surface area contributed by atoms with Crippen LogP contribution in [-0.2, 0) is 0 Å². The molecule has 0 radical (unpaired) electrons. The van der Waals surface area contributed by atoms with Crippen LogP contribution in [0.2, 0.25) is 0 Å². The molecule has 0 aliphatic carbocycles. The van der Waals surface area contributed by atoms with Gasteiger partial charge < -0.3 is 9.72 Å². The quantitative estimate of drug-likeness (QED) is 0.693. The van der Waals surface area contributed by atoms with Crippen LogP contribution in [0.3, 0.4) is 0 Å². The zero-order chi connectivity index (χ0) is 9.26. The van der Waals surface area contributed by atoms with Crippen molar-refractivity contribution in [2.75, 3.05) is 7.05 Å². The van der Waals surface area contributed by atoms with Crippen LogP contribution >= 0.6 is 0 Å². The van der Waals surface area contributed by atoms with E-state index in [-0.39, 0.29) is 5.91 Å². The number of nitrogens with one attached hydrogen (secondary N) is 1. The summed E-state index contributed by atoms with van der Waals surface area (Å²) in [6, 6.07) is 3.84. The maximum absolute atomic E-state index is 11.2. The van der Waals surface area contributed by atoms with Crippen molar-refractivity contribution in [3.8, 4) is 0 Å². The molecule has 0 unspecified atom stereocenters. The van der Waals surface area contributed by atoms with E-state index in [1.54, 1.807) is 19.4 Å². The Morgan fingerprint density at radius 2 is 2.46 bits per heavy atom. The topological polar surface area (TPSA) is 46.4 Å². The van der Waals surface area contributed by atoms with Gasteiger partial charge in [-0.15, -0.1) is 0 Å². The number of hydrogen-bond donors (Lipinski definition) is 1. The van der Waals surface area contributed by atoms with Gasteiger partial charge in [0, 0.05) is 19.4 Å². The van der Waals surface area contributed by atoms with Crippen molar-refractivity contribution < 1.29 is 4.79 Å². The highest BCUT2D eigenvalue weighted by atomic mass is 16.1. The Labute approximate surface area is 75.2 Å². The number of aromatic nitrogens is 2.